The van der Waals surface area contributed by atoms with Crippen molar-refractivity contribution in [2.75, 3.05) is 5.32 Å². The van der Waals surface area contributed by atoms with Gasteiger partial charge in [0.1, 0.15) is 5.82 Å². The van der Waals surface area contributed by atoms with Crippen molar-refractivity contribution in [3.05, 3.63) is 64.4 Å². The van der Waals surface area contributed by atoms with E-state index in [2.05, 4.69) is 26.6 Å². The van der Waals surface area contributed by atoms with E-state index in [1.165, 1.54) is 12.1 Å². The molecule has 0 saturated heterocycles. The fourth-order valence-corrected chi connectivity index (χ4v) is 2.46. The Bertz CT molecular complexity index is 601. The van der Waals surface area contributed by atoms with Gasteiger partial charge in [-0.1, -0.05) is 34.1 Å². The Hall–Kier alpha value is -1.46. The topological polar surface area (TPSA) is 24.1 Å². The van der Waals surface area contributed by atoms with E-state index in [0.29, 0.717) is 5.11 Å². The van der Waals surface area contributed by atoms with E-state index in [4.69, 9.17) is 12.2 Å². The maximum Gasteiger partial charge on any atom is 0.171 e. The van der Waals surface area contributed by atoms with E-state index in [9.17, 15) is 4.39 Å². The molecule has 5 heteroatoms. The molecule has 1 atom stereocenters. The van der Waals surface area contributed by atoms with Crippen LogP contribution in [0.1, 0.15) is 18.5 Å². The van der Waals surface area contributed by atoms with Gasteiger partial charge in [0.25, 0.3) is 0 Å². The molecule has 0 aliphatic heterocycles. The van der Waals surface area contributed by atoms with Gasteiger partial charge in [-0.15, -0.1) is 0 Å². The zero-order valence-corrected chi connectivity index (χ0v) is 13.3. The number of hydrogen-bond donors (Lipinski definition) is 2. The van der Waals surface area contributed by atoms with E-state index in [1.54, 1.807) is 12.1 Å². The predicted octanol–water partition coefficient (Wildman–Crippen LogP) is 4.64. The smallest absolute Gasteiger partial charge is 0.171 e. The Morgan fingerprint density at radius 1 is 1.20 bits per heavy atom. The molecule has 2 aromatic carbocycles. The summed E-state index contributed by atoms with van der Waals surface area (Å²) in [6.45, 7) is 1.97. The molecule has 0 heterocycles. The lowest BCUT2D eigenvalue weighted by atomic mass is 10.1. The van der Waals surface area contributed by atoms with Gasteiger partial charge >= 0.3 is 0 Å². The summed E-state index contributed by atoms with van der Waals surface area (Å²) < 4.78 is 13.9. The number of rotatable bonds is 3. The number of hydrogen-bond acceptors (Lipinski definition) is 1. The highest BCUT2D eigenvalue weighted by Crippen LogP contribution is 2.16. The molecule has 2 nitrogen and oxygen atoms in total. The lowest BCUT2D eigenvalue weighted by Gasteiger charge is -2.17. The van der Waals surface area contributed by atoms with Crippen LogP contribution in [-0.2, 0) is 0 Å². The third-order valence-electron chi connectivity index (χ3n) is 2.80. The number of benzene rings is 2. The van der Waals surface area contributed by atoms with Crippen LogP contribution in [0.4, 0.5) is 10.1 Å². The Labute approximate surface area is 131 Å². The van der Waals surface area contributed by atoms with Crippen LogP contribution in [0.5, 0.6) is 0 Å². The maximum absolute atomic E-state index is 12.9. The molecule has 0 amide bonds. The summed E-state index contributed by atoms with van der Waals surface area (Å²) in [4.78, 5) is 0. The van der Waals surface area contributed by atoms with Crippen molar-refractivity contribution in [3.63, 3.8) is 0 Å². The quantitative estimate of drug-likeness (QED) is 0.787. The first-order valence-corrected chi connectivity index (χ1v) is 7.33. The van der Waals surface area contributed by atoms with Gasteiger partial charge in [-0.25, -0.2) is 4.39 Å². The molecule has 0 aliphatic carbocycles. The fraction of sp³-hybridized carbons (Fsp3) is 0.133. The third kappa shape index (κ3) is 4.28. The average Bonchev–Trinajstić information content (AvgIpc) is 2.39. The molecule has 0 saturated carbocycles. The second kappa shape index (κ2) is 6.81. The van der Waals surface area contributed by atoms with Gasteiger partial charge in [0.15, 0.2) is 5.11 Å². The van der Waals surface area contributed by atoms with Gasteiger partial charge in [0.05, 0.1) is 6.04 Å². The van der Waals surface area contributed by atoms with Crippen molar-refractivity contribution in [2.45, 2.75) is 13.0 Å². The van der Waals surface area contributed by atoms with E-state index in [0.717, 1.165) is 15.7 Å². The molecule has 0 aromatic heterocycles. The van der Waals surface area contributed by atoms with E-state index in [1.807, 2.05) is 31.2 Å². The average molecular weight is 353 g/mol. The second-order valence-corrected chi connectivity index (χ2v) is 5.71. The van der Waals surface area contributed by atoms with Crippen molar-refractivity contribution in [1.29, 1.82) is 0 Å². The van der Waals surface area contributed by atoms with E-state index >= 15 is 0 Å². The highest BCUT2D eigenvalue weighted by Gasteiger charge is 2.07. The summed E-state index contributed by atoms with van der Waals surface area (Å²) in [7, 11) is 0. The molecule has 20 heavy (non-hydrogen) atoms. The van der Waals surface area contributed by atoms with Crippen LogP contribution in [-0.4, -0.2) is 5.11 Å². The van der Waals surface area contributed by atoms with Gasteiger partial charge in [0, 0.05) is 10.2 Å². The molecular weight excluding hydrogens is 339 g/mol. The van der Waals surface area contributed by atoms with Gasteiger partial charge in [0.2, 0.25) is 0 Å². The van der Waals surface area contributed by atoms with E-state index in [-0.39, 0.29) is 11.9 Å². The van der Waals surface area contributed by atoms with Crippen molar-refractivity contribution in [3.8, 4) is 0 Å². The molecule has 0 spiro atoms. The monoisotopic (exact) mass is 352 g/mol. The largest absolute Gasteiger partial charge is 0.356 e. The van der Waals surface area contributed by atoms with Crippen LogP contribution in [0.15, 0.2) is 53.0 Å². The second-order valence-electron chi connectivity index (χ2n) is 4.38. The van der Waals surface area contributed by atoms with Crippen molar-refractivity contribution < 1.29 is 4.39 Å². The molecule has 0 aliphatic rings. The molecule has 2 N–H and O–H groups in total. The predicted molar refractivity (Wildman–Crippen MR) is 88.3 cm³/mol. The summed E-state index contributed by atoms with van der Waals surface area (Å²) >= 11 is 8.68. The number of halogens is 2. The Balaban J connectivity index is 1.95. The van der Waals surface area contributed by atoms with Crippen LogP contribution < -0.4 is 10.6 Å². The third-order valence-corrected chi connectivity index (χ3v) is 3.51. The maximum atomic E-state index is 12.9. The van der Waals surface area contributed by atoms with Gasteiger partial charge in [-0.3, -0.25) is 0 Å². The highest BCUT2D eigenvalue weighted by atomic mass is 79.9. The van der Waals surface area contributed by atoms with Crippen LogP contribution in [0.25, 0.3) is 0 Å². The van der Waals surface area contributed by atoms with Crippen LogP contribution >= 0.6 is 28.1 Å². The van der Waals surface area contributed by atoms with Crippen molar-refractivity contribution in [2.24, 2.45) is 0 Å². The Morgan fingerprint density at radius 2 is 1.90 bits per heavy atom. The molecule has 2 rings (SSSR count). The summed E-state index contributed by atoms with van der Waals surface area (Å²) in [5.41, 5.74) is 1.88. The SMILES string of the molecule is C[C@@H](NC(=S)Nc1cccc(Br)c1)c1ccc(F)cc1. The lowest BCUT2D eigenvalue weighted by molar-refractivity contribution is 0.624. The fourth-order valence-electron chi connectivity index (χ4n) is 1.76. The molecule has 0 bridgehead atoms. The first-order chi connectivity index (χ1) is 9.54. The van der Waals surface area contributed by atoms with Gasteiger partial charge in [-0.05, 0) is 55.0 Å². The molecule has 2 aromatic rings. The molecule has 0 radical (unpaired) electrons. The molecule has 104 valence electrons. The minimum Gasteiger partial charge on any atom is -0.356 e. The molecule has 0 fully saturated rings. The number of anilines is 1. The normalized spacial score (nSPS) is 11.8. The Kier molecular flexibility index (Phi) is 5.09. The summed E-state index contributed by atoms with van der Waals surface area (Å²) in [6, 6.07) is 14.1. The first kappa shape index (κ1) is 14.9. The Morgan fingerprint density at radius 3 is 2.55 bits per heavy atom. The summed E-state index contributed by atoms with van der Waals surface area (Å²) in [5.74, 6) is -0.240. The highest BCUT2D eigenvalue weighted by molar-refractivity contribution is 9.10. The zero-order valence-electron chi connectivity index (χ0n) is 10.9. The van der Waals surface area contributed by atoms with Gasteiger partial charge < -0.3 is 10.6 Å². The molecule has 0 unspecified atom stereocenters. The van der Waals surface area contributed by atoms with Crippen molar-refractivity contribution >= 4 is 38.9 Å². The van der Waals surface area contributed by atoms with Crippen molar-refractivity contribution in [1.82, 2.24) is 5.32 Å². The van der Waals surface area contributed by atoms with Crippen LogP contribution in [0, 0.1) is 5.82 Å². The van der Waals surface area contributed by atoms with Crippen LogP contribution in [0.3, 0.4) is 0 Å². The van der Waals surface area contributed by atoms with E-state index < -0.39 is 0 Å². The standard InChI is InChI=1S/C15H14BrFN2S/c1-10(11-5-7-13(17)8-6-11)18-15(20)19-14-4-2-3-12(16)9-14/h2-10H,1H3,(H2,18,19,20)/t10-/m1/s1. The number of nitrogens with one attached hydrogen (secondary N) is 2. The first-order valence-electron chi connectivity index (χ1n) is 6.13. The van der Waals surface area contributed by atoms with Crippen LogP contribution in [0.2, 0.25) is 0 Å². The molecular formula is C15H14BrFN2S. The number of thiocarbonyl (C=S) groups is 1. The summed E-state index contributed by atoms with van der Waals surface area (Å²) in [6.07, 6.45) is 0. The zero-order chi connectivity index (χ0) is 14.5. The minimum atomic E-state index is -0.240. The van der Waals surface area contributed by atoms with Gasteiger partial charge in [-0.2, -0.15) is 0 Å². The lowest BCUT2D eigenvalue weighted by Crippen LogP contribution is -2.30. The summed E-state index contributed by atoms with van der Waals surface area (Å²) in [5, 5.41) is 6.80. The minimum absolute atomic E-state index is 0.00255.